The first-order chi connectivity index (χ1) is 12.9. The van der Waals surface area contributed by atoms with Crippen LogP contribution in [0.5, 0.6) is 0 Å². The number of hydrogen-bond acceptors (Lipinski definition) is 6. The van der Waals surface area contributed by atoms with Crippen LogP contribution in [-0.2, 0) is 20.3 Å². The zero-order chi connectivity index (χ0) is 19.2. The number of sulfone groups is 1. The van der Waals surface area contributed by atoms with E-state index >= 15 is 0 Å². The summed E-state index contributed by atoms with van der Waals surface area (Å²) in [6.45, 7) is 3.80. The summed E-state index contributed by atoms with van der Waals surface area (Å²) in [6, 6.07) is 8.19. The molecule has 0 saturated heterocycles. The quantitative estimate of drug-likeness (QED) is 0.331. The summed E-state index contributed by atoms with van der Waals surface area (Å²) < 4.78 is 39.0. The van der Waals surface area contributed by atoms with E-state index in [0.29, 0.717) is 5.56 Å². The maximum absolute atomic E-state index is 12.8. The third-order valence-corrected chi connectivity index (χ3v) is 7.53. The van der Waals surface area contributed by atoms with E-state index in [0.717, 1.165) is 15.5 Å². The first kappa shape index (κ1) is 18.0. The number of furan rings is 1. The third-order valence-electron chi connectivity index (χ3n) is 4.12. The monoisotopic (exact) mass is 452 g/mol. The summed E-state index contributed by atoms with van der Waals surface area (Å²) >= 11 is 0.115. The standard InChI is InChI=1S/C18H16N2O5SSe/c1-3-24-18(21)15-8-13(14-9-20-19-17(14)27-20)16(25-15)10-26(22,23)12-6-4-11(2)5-7-12/h4-9H,3,10H2,1-2H3. The average Bonchev–Trinajstić information content (AvgIpc) is 3.27. The predicted molar refractivity (Wildman–Crippen MR) is 99.0 cm³/mol. The van der Waals surface area contributed by atoms with Crippen molar-refractivity contribution in [3.63, 3.8) is 0 Å². The van der Waals surface area contributed by atoms with Crippen molar-refractivity contribution in [3.05, 3.63) is 53.6 Å². The van der Waals surface area contributed by atoms with E-state index in [-0.39, 0.29) is 43.5 Å². The Hall–Kier alpha value is -2.35. The molecule has 4 heterocycles. The summed E-state index contributed by atoms with van der Waals surface area (Å²) in [5, 5.41) is 4.26. The van der Waals surface area contributed by atoms with Crippen LogP contribution in [0.15, 0.2) is 45.8 Å². The van der Waals surface area contributed by atoms with Crippen molar-refractivity contribution in [2.24, 2.45) is 0 Å². The molecule has 7 nitrogen and oxygen atoms in total. The van der Waals surface area contributed by atoms with Crippen LogP contribution in [0.25, 0.3) is 15.5 Å². The number of aromatic nitrogens is 2. The van der Waals surface area contributed by atoms with E-state index in [1.54, 1.807) is 37.3 Å². The van der Waals surface area contributed by atoms with Crippen LogP contribution in [0.4, 0.5) is 0 Å². The van der Waals surface area contributed by atoms with Gasteiger partial charge in [0.25, 0.3) is 0 Å². The second-order valence-electron chi connectivity index (χ2n) is 6.08. The molecule has 0 aliphatic carbocycles. The van der Waals surface area contributed by atoms with Crippen LogP contribution >= 0.6 is 0 Å². The molecule has 0 radical (unpaired) electrons. The normalized spacial score (nSPS) is 12.1. The van der Waals surface area contributed by atoms with Gasteiger partial charge in [-0.3, -0.25) is 0 Å². The van der Waals surface area contributed by atoms with Gasteiger partial charge in [0.2, 0.25) is 0 Å². The van der Waals surface area contributed by atoms with E-state index < -0.39 is 15.8 Å². The molecule has 0 unspecified atom stereocenters. The second kappa shape index (κ2) is 6.67. The number of nitrogens with zero attached hydrogens (tertiary/aromatic N) is 2. The Kier molecular flexibility index (Phi) is 4.45. The molecule has 0 spiro atoms. The first-order valence-corrected chi connectivity index (χ1v) is 11.5. The van der Waals surface area contributed by atoms with Gasteiger partial charge in [0, 0.05) is 0 Å². The van der Waals surface area contributed by atoms with Crippen molar-refractivity contribution in [2.45, 2.75) is 24.5 Å². The van der Waals surface area contributed by atoms with E-state index in [2.05, 4.69) is 5.10 Å². The van der Waals surface area contributed by atoms with Gasteiger partial charge in [-0.15, -0.1) is 0 Å². The Morgan fingerprint density at radius 2 is 1.96 bits per heavy atom. The average molecular weight is 451 g/mol. The van der Waals surface area contributed by atoms with Crippen LogP contribution in [-0.4, -0.2) is 44.3 Å². The van der Waals surface area contributed by atoms with E-state index in [1.807, 2.05) is 16.6 Å². The molecule has 0 aliphatic heterocycles. The van der Waals surface area contributed by atoms with Crippen molar-refractivity contribution in [1.29, 1.82) is 0 Å². The number of carbonyl (C=O) groups is 1. The molecule has 1 aromatic carbocycles. The molecule has 0 amide bonds. The van der Waals surface area contributed by atoms with Gasteiger partial charge in [-0.05, 0) is 0 Å². The molecular weight excluding hydrogens is 435 g/mol. The summed E-state index contributed by atoms with van der Waals surface area (Å²) in [5.41, 5.74) is 2.36. The van der Waals surface area contributed by atoms with Crippen molar-refractivity contribution >= 4 is 34.9 Å². The topological polar surface area (TPSA) is 90.9 Å². The maximum atomic E-state index is 12.8. The van der Waals surface area contributed by atoms with Gasteiger partial charge in [0.15, 0.2) is 0 Å². The van der Waals surface area contributed by atoms with E-state index in [1.165, 1.54) is 0 Å². The molecule has 0 saturated carbocycles. The van der Waals surface area contributed by atoms with Crippen LogP contribution in [0.2, 0.25) is 0 Å². The fraction of sp³-hybridized carbons (Fsp3) is 0.222. The van der Waals surface area contributed by atoms with Crippen LogP contribution in [0.3, 0.4) is 0 Å². The number of rotatable bonds is 6. The zero-order valence-corrected chi connectivity index (χ0v) is 17.2. The summed E-state index contributed by atoms with van der Waals surface area (Å²) in [4.78, 5) is 12.3. The molecular formula is C18H16N2O5SSe. The Morgan fingerprint density at radius 3 is 2.56 bits per heavy atom. The Labute approximate surface area is 161 Å². The van der Waals surface area contributed by atoms with Crippen LogP contribution in [0.1, 0.15) is 28.8 Å². The number of esters is 1. The summed E-state index contributed by atoms with van der Waals surface area (Å²) in [7, 11) is -3.63. The van der Waals surface area contributed by atoms with Gasteiger partial charge >= 0.3 is 162 Å². The molecule has 0 atom stereocenters. The molecule has 9 heteroatoms. The molecule has 27 heavy (non-hydrogen) atoms. The second-order valence-corrected chi connectivity index (χ2v) is 10.1. The van der Waals surface area contributed by atoms with Gasteiger partial charge in [-0.1, -0.05) is 0 Å². The summed E-state index contributed by atoms with van der Waals surface area (Å²) in [5.74, 6) is -0.745. The molecule has 0 fully saturated rings. The molecule has 2 bridgehead atoms. The number of carbonyl (C=O) groups excluding carboxylic acids is 1. The molecule has 0 N–H and O–H groups in total. The van der Waals surface area contributed by atoms with Crippen LogP contribution in [0, 0.1) is 6.92 Å². The minimum absolute atomic E-state index is 0.00550. The van der Waals surface area contributed by atoms with E-state index in [9.17, 15) is 13.2 Å². The fourth-order valence-corrected chi connectivity index (χ4v) is 5.57. The van der Waals surface area contributed by atoms with Crippen molar-refractivity contribution in [3.8, 4) is 11.1 Å². The first-order valence-electron chi connectivity index (χ1n) is 8.25. The van der Waals surface area contributed by atoms with Gasteiger partial charge in [-0.25, -0.2) is 0 Å². The van der Waals surface area contributed by atoms with Crippen molar-refractivity contribution in [1.82, 2.24) is 8.61 Å². The molecule has 5 rings (SSSR count). The minimum atomic E-state index is -3.63. The van der Waals surface area contributed by atoms with Crippen LogP contribution < -0.4 is 0 Å². The van der Waals surface area contributed by atoms with Crippen molar-refractivity contribution < 1.29 is 22.4 Å². The Morgan fingerprint density at radius 1 is 1.26 bits per heavy atom. The number of aryl methyl sites for hydroxylation is 1. The summed E-state index contributed by atoms with van der Waals surface area (Å²) in [6.07, 6.45) is 1.84. The van der Waals surface area contributed by atoms with Gasteiger partial charge in [0.05, 0.1) is 0 Å². The molecule has 4 aromatic heterocycles. The Bertz CT molecular complexity index is 1190. The van der Waals surface area contributed by atoms with Gasteiger partial charge < -0.3 is 0 Å². The zero-order valence-electron chi connectivity index (χ0n) is 14.6. The molecule has 140 valence electrons. The molecule has 0 aliphatic rings. The number of hydrogen-bond donors (Lipinski definition) is 0. The predicted octanol–water partition coefficient (Wildman–Crippen LogP) is 2.55. The SMILES string of the molecule is CCOC(=O)c1cc(-c2cn3nc2[se]3)c(CS(=O)(=O)c2ccc(C)cc2)o1. The third kappa shape index (κ3) is 3.34. The van der Waals surface area contributed by atoms with Crippen molar-refractivity contribution in [2.75, 3.05) is 6.61 Å². The number of ether oxygens (including phenoxy) is 1. The van der Waals surface area contributed by atoms with Gasteiger partial charge in [-0.2, -0.15) is 0 Å². The number of benzene rings is 1. The fourth-order valence-electron chi connectivity index (χ4n) is 2.76. The van der Waals surface area contributed by atoms with Gasteiger partial charge in [0.1, 0.15) is 0 Å². The van der Waals surface area contributed by atoms with E-state index in [4.69, 9.17) is 9.15 Å². The Balaban J connectivity index is 1.75. The number of fused-ring (bicyclic) bond motifs is 1. The molecule has 5 aromatic rings.